The molecule has 0 saturated heterocycles. The number of benzene rings is 2. The minimum atomic E-state index is -0.383. The van der Waals surface area contributed by atoms with Gasteiger partial charge in [0.25, 0.3) is 0 Å². The fourth-order valence-electron chi connectivity index (χ4n) is 2.57. The molecule has 0 bridgehead atoms. The topological polar surface area (TPSA) is 44.5 Å². The van der Waals surface area contributed by atoms with E-state index in [1.165, 1.54) is 12.1 Å². The molecule has 2 aromatic rings. The summed E-state index contributed by atoms with van der Waals surface area (Å²) >= 11 is 5.91. The zero-order valence-electron chi connectivity index (χ0n) is 11.5. The lowest BCUT2D eigenvalue weighted by Gasteiger charge is -2.31. The van der Waals surface area contributed by atoms with E-state index in [1.807, 2.05) is 12.1 Å². The number of hydrogen-bond acceptors (Lipinski definition) is 3. The molecule has 21 heavy (non-hydrogen) atoms. The molecule has 0 spiro atoms. The molecule has 0 saturated carbocycles. The van der Waals surface area contributed by atoms with Crippen LogP contribution in [0.15, 0.2) is 36.4 Å². The van der Waals surface area contributed by atoms with Crippen molar-refractivity contribution in [3.8, 4) is 11.5 Å². The fraction of sp³-hybridized carbons (Fsp3) is 0.250. The van der Waals surface area contributed by atoms with Crippen LogP contribution in [0.3, 0.4) is 0 Å². The predicted octanol–water partition coefficient (Wildman–Crippen LogP) is 4.01. The molecule has 3 rings (SSSR count). The second-order valence-corrected chi connectivity index (χ2v) is 5.49. The highest BCUT2D eigenvalue weighted by Crippen LogP contribution is 2.41. The van der Waals surface area contributed by atoms with Crippen LogP contribution in [-0.4, -0.2) is 7.11 Å². The number of ether oxygens (including phenoxy) is 2. The van der Waals surface area contributed by atoms with Crippen molar-refractivity contribution in [2.75, 3.05) is 7.11 Å². The summed E-state index contributed by atoms with van der Waals surface area (Å²) in [4.78, 5) is 0. The van der Waals surface area contributed by atoms with Gasteiger partial charge in [0.05, 0.1) is 7.11 Å². The van der Waals surface area contributed by atoms with Gasteiger partial charge >= 0.3 is 0 Å². The van der Waals surface area contributed by atoms with Crippen molar-refractivity contribution in [1.29, 1.82) is 0 Å². The Kier molecular flexibility index (Phi) is 3.74. The van der Waals surface area contributed by atoms with Crippen molar-refractivity contribution in [2.45, 2.75) is 18.6 Å². The molecule has 0 aromatic heterocycles. The molecule has 110 valence electrons. The third-order valence-electron chi connectivity index (χ3n) is 3.61. The first-order chi connectivity index (χ1) is 10.1. The lowest BCUT2D eigenvalue weighted by molar-refractivity contribution is 0.160. The molecule has 1 heterocycles. The monoisotopic (exact) mass is 307 g/mol. The van der Waals surface area contributed by atoms with Crippen LogP contribution in [0.25, 0.3) is 0 Å². The first-order valence-corrected chi connectivity index (χ1v) is 7.01. The lowest BCUT2D eigenvalue weighted by atomic mass is 9.93. The van der Waals surface area contributed by atoms with Crippen LogP contribution in [0.4, 0.5) is 4.39 Å². The second-order valence-electron chi connectivity index (χ2n) is 5.06. The Morgan fingerprint density at radius 3 is 2.81 bits per heavy atom. The number of fused-ring (bicyclic) bond motifs is 1. The molecule has 1 aliphatic heterocycles. The zero-order chi connectivity index (χ0) is 15.0. The average Bonchev–Trinajstić information content (AvgIpc) is 2.45. The van der Waals surface area contributed by atoms with Crippen LogP contribution in [0.1, 0.15) is 29.7 Å². The van der Waals surface area contributed by atoms with Crippen LogP contribution in [0.2, 0.25) is 5.02 Å². The van der Waals surface area contributed by atoms with Gasteiger partial charge in [-0.1, -0.05) is 17.7 Å². The zero-order valence-corrected chi connectivity index (χ0v) is 12.2. The van der Waals surface area contributed by atoms with Gasteiger partial charge in [-0.15, -0.1) is 0 Å². The number of halogens is 2. The lowest BCUT2D eigenvalue weighted by Crippen LogP contribution is -2.24. The summed E-state index contributed by atoms with van der Waals surface area (Å²) in [6.45, 7) is 0. The summed E-state index contributed by atoms with van der Waals surface area (Å²) in [5.41, 5.74) is 7.80. The molecule has 1 aliphatic rings. The van der Waals surface area contributed by atoms with Gasteiger partial charge in [-0.25, -0.2) is 4.39 Å². The van der Waals surface area contributed by atoms with Crippen molar-refractivity contribution in [2.24, 2.45) is 5.73 Å². The molecule has 0 radical (unpaired) electrons. The second kappa shape index (κ2) is 5.54. The van der Waals surface area contributed by atoms with Crippen molar-refractivity contribution < 1.29 is 13.9 Å². The maximum absolute atomic E-state index is 13.5. The van der Waals surface area contributed by atoms with Crippen LogP contribution in [0.5, 0.6) is 11.5 Å². The Hall–Kier alpha value is -1.78. The van der Waals surface area contributed by atoms with E-state index in [0.717, 1.165) is 5.56 Å². The summed E-state index contributed by atoms with van der Waals surface area (Å²) in [7, 11) is 1.59. The summed E-state index contributed by atoms with van der Waals surface area (Å²) in [6.07, 6.45) is 0.242. The molecule has 0 amide bonds. The quantitative estimate of drug-likeness (QED) is 0.911. The molecule has 2 aromatic carbocycles. The van der Waals surface area contributed by atoms with Gasteiger partial charge in [-0.3, -0.25) is 0 Å². The number of nitrogens with two attached hydrogens (primary N) is 1. The highest BCUT2D eigenvalue weighted by Gasteiger charge is 2.28. The van der Waals surface area contributed by atoms with E-state index in [2.05, 4.69) is 0 Å². The van der Waals surface area contributed by atoms with Crippen LogP contribution >= 0.6 is 11.6 Å². The molecule has 0 aliphatic carbocycles. The molecule has 1 unspecified atom stereocenters. The van der Waals surface area contributed by atoms with Gasteiger partial charge < -0.3 is 15.2 Å². The van der Waals surface area contributed by atoms with E-state index >= 15 is 0 Å². The number of methoxy groups -OCH3 is 1. The highest BCUT2D eigenvalue weighted by atomic mass is 35.5. The van der Waals surface area contributed by atoms with Gasteiger partial charge in [0, 0.05) is 29.1 Å². The van der Waals surface area contributed by atoms with E-state index in [0.29, 0.717) is 28.5 Å². The molecule has 0 fully saturated rings. The summed E-state index contributed by atoms with van der Waals surface area (Å²) in [6, 6.07) is 9.76. The molecular weight excluding hydrogens is 293 g/mol. The Labute approximate surface area is 127 Å². The van der Waals surface area contributed by atoms with Gasteiger partial charge in [-0.2, -0.15) is 0 Å². The van der Waals surface area contributed by atoms with Gasteiger partial charge in [0.15, 0.2) is 0 Å². The predicted molar refractivity (Wildman–Crippen MR) is 79.3 cm³/mol. The third-order valence-corrected chi connectivity index (χ3v) is 3.83. The van der Waals surface area contributed by atoms with Gasteiger partial charge in [0.2, 0.25) is 0 Å². The van der Waals surface area contributed by atoms with E-state index in [4.69, 9.17) is 26.8 Å². The number of rotatable bonds is 2. The molecule has 5 heteroatoms. The third kappa shape index (κ3) is 2.82. The number of hydrogen-bond donors (Lipinski definition) is 1. The molecular formula is C16H15ClFNO2. The van der Waals surface area contributed by atoms with Crippen LogP contribution < -0.4 is 15.2 Å². The van der Waals surface area contributed by atoms with Crippen molar-refractivity contribution in [3.05, 3.63) is 58.4 Å². The molecule has 3 nitrogen and oxygen atoms in total. The smallest absolute Gasteiger partial charge is 0.128 e. The fourth-order valence-corrected chi connectivity index (χ4v) is 2.80. The van der Waals surface area contributed by atoms with Crippen molar-refractivity contribution in [3.63, 3.8) is 0 Å². The van der Waals surface area contributed by atoms with Gasteiger partial charge in [-0.05, 0) is 29.8 Å². The summed E-state index contributed by atoms with van der Waals surface area (Å²) in [5.74, 6) is 0.975. The summed E-state index contributed by atoms with van der Waals surface area (Å²) < 4.78 is 24.7. The van der Waals surface area contributed by atoms with Gasteiger partial charge in [0.1, 0.15) is 23.4 Å². The Morgan fingerprint density at radius 2 is 2.10 bits per heavy atom. The SMILES string of the molecule is COc1ccc2c(c1)OC(c1cc(F)cc(Cl)c1)C[C@@H]2N. The Morgan fingerprint density at radius 1 is 1.29 bits per heavy atom. The average molecular weight is 308 g/mol. The first-order valence-electron chi connectivity index (χ1n) is 6.63. The van der Waals surface area contributed by atoms with Crippen molar-refractivity contribution >= 4 is 11.6 Å². The summed E-state index contributed by atoms with van der Waals surface area (Å²) in [5, 5.41) is 0.346. The van der Waals surface area contributed by atoms with Crippen LogP contribution in [-0.2, 0) is 0 Å². The molecule has 2 atom stereocenters. The minimum absolute atomic E-state index is 0.174. The van der Waals surface area contributed by atoms with E-state index in [9.17, 15) is 4.39 Å². The highest BCUT2D eigenvalue weighted by molar-refractivity contribution is 6.30. The Balaban J connectivity index is 1.96. The largest absolute Gasteiger partial charge is 0.497 e. The maximum atomic E-state index is 13.5. The normalized spacial score (nSPS) is 20.6. The first kappa shape index (κ1) is 14.2. The van der Waals surface area contributed by atoms with Crippen molar-refractivity contribution in [1.82, 2.24) is 0 Å². The maximum Gasteiger partial charge on any atom is 0.128 e. The minimum Gasteiger partial charge on any atom is -0.497 e. The Bertz CT molecular complexity index is 657. The van der Waals surface area contributed by atoms with E-state index < -0.39 is 0 Å². The molecule has 2 N–H and O–H groups in total. The standard InChI is InChI=1S/C16H15ClFNO2/c1-20-12-2-3-13-14(19)8-15(21-16(13)7-12)9-4-10(17)6-11(18)5-9/h2-7,14-15H,8,19H2,1H3/t14-,15?/m0/s1. The van der Waals surface area contributed by atoms with Crippen LogP contribution in [0, 0.1) is 5.82 Å². The van der Waals surface area contributed by atoms with E-state index in [1.54, 1.807) is 19.2 Å². The van der Waals surface area contributed by atoms with E-state index in [-0.39, 0.29) is 18.0 Å².